The highest BCUT2D eigenvalue weighted by atomic mass is 16.5. The smallest absolute Gasteiger partial charge is 0.330 e. The van der Waals surface area contributed by atoms with Gasteiger partial charge in [0.1, 0.15) is 0 Å². The molecule has 0 aliphatic carbocycles. The topological polar surface area (TPSA) is 61.2 Å². The van der Waals surface area contributed by atoms with Gasteiger partial charge in [-0.15, -0.1) is 0 Å². The van der Waals surface area contributed by atoms with E-state index in [0.717, 1.165) is 12.0 Å². The molecule has 0 N–H and O–H groups in total. The third-order valence-electron chi connectivity index (χ3n) is 3.64. The maximum Gasteiger partial charge on any atom is 0.330 e. The van der Waals surface area contributed by atoms with Crippen molar-refractivity contribution in [2.45, 2.75) is 32.7 Å². The summed E-state index contributed by atoms with van der Waals surface area (Å²) in [7, 11) is 1.31. The van der Waals surface area contributed by atoms with E-state index in [1.54, 1.807) is 6.07 Å². The molecule has 5 heteroatoms. The molecule has 0 amide bonds. The van der Waals surface area contributed by atoms with E-state index >= 15 is 0 Å². The van der Waals surface area contributed by atoms with Crippen molar-refractivity contribution in [2.75, 3.05) is 7.11 Å². The fourth-order valence-electron chi connectivity index (χ4n) is 2.29. The van der Waals surface area contributed by atoms with Crippen LogP contribution in [0.1, 0.15) is 31.9 Å². The molecule has 0 fully saturated rings. The van der Waals surface area contributed by atoms with Crippen molar-refractivity contribution in [2.24, 2.45) is 0 Å². The van der Waals surface area contributed by atoms with Gasteiger partial charge in [0.2, 0.25) is 0 Å². The number of carbonyl (C=O) groups excluding carboxylic acids is 1. The summed E-state index contributed by atoms with van der Waals surface area (Å²) >= 11 is 0. The number of rotatable bonds is 5. The van der Waals surface area contributed by atoms with Gasteiger partial charge >= 0.3 is 5.97 Å². The highest BCUT2D eigenvalue weighted by molar-refractivity contribution is 5.74. The fourth-order valence-corrected chi connectivity index (χ4v) is 2.29. The molecule has 0 aliphatic heterocycles. The summed E-state index contributed by atoms with van der Waals surface area (Å²) in [6.07, 6.45) is 1.41. The standard InChI is InChI=1S/C17H20N2O3/c1-4-12-6-8-13(9-7-12)14-10-11-16(20)19(18-14)15(5-2)17(21)22-3/h6-11,15H,4-5H2,1-3H3/t15-/m0/s1. The number of carbonyl (C=O) groups is 1. The number of hydrogen-bond acceptors (Lipinski definition) is 4. The van der Waals surface area contributed by atoms with Gasteiger partial charge in [-0.3, -0.25) is 4.79 Å². The number of methoxy groups -OCH3 is 1. The number of nitrogens with zero attached hydrogens (tertiary/aromatic N) is 2. The Labute approximate surface area is 129 Å². The summed E-state index contributed by atoms with van der Waals surface area (Å²) in [5.41, 5.74) is 2.49. The third-order valence-corrected chi connectivity index (χ3v) is 3.64. The van der Waals surface area contributed by atoms with Crippen molar-refractivity contribution in [3.05, 3.63) is 52.3 Å². The van der Waals surface area contributed by atoms with Gasteiger partial charge in [0.15, 0.2) is 6.04 Å². The Morgan fingerprint density at radius 2 is 1.86 bits per heavy atom. The quantitative estimate of drug-likeness (QED) is 0.796. The van der Waals surface area contributed by atoms with Crippen LogP contribution < -0.4 is 5.56 Å². The van der Waals surface area contributed by atoms with Crippen LogP contribution in [-0.4, -0.2) is 22.9 Å². The molecule has 0 spiro atoms. The Kier molecular flexibility index (Phi) is 5.09. The second-order valence-corrected chi connectivity index (χ2v) is 5.00. The van der Waals surface area contributed by atoms with Gasteiger partial charge in [-0.25, -0.2) is 9.48 Å². The molecule has 22 heavy (non-hydrogen) atoms. The number of ether oxygens (including phenoxy) is 1. The van der Waals surface area contributed by atoms with Crippen LogP contribution in [0.25, 0.3) is 11.3 Å². The average Bonchev–Trinajstić information content (AvgIpc) is 2.57. The minimum Gasteiger partial charge on any atom is -0.467 e. The molecule has 1 aromatic carbocycles. The Balaban J connectivity index is 2.45. The highest BCUT2D eigenvalue weighted by Crippen LogP contribution is 2.18. The maximum absolute atomic E-state index is 12.0. The second-order valence-electron chi connectivity index (χ2n) is 5.00. The van der Waals surface area contributed by atoms with Crippen LogP contribution in [0, 0.1) is 0 Å². The van der Waals surface area contributed by atoms with Gasteiger partial charge in [0, 0.05) is 11.6 Å². The first kappa shape index (κ1) is 15.9. The fraction of sp³-hybridized carbons (Fsp3) is 0.353. The molecule has 0 saturated heterocycles. The number of aryl methyl sites for hydroxylation is 1. The predicted octanol–water partition coefficient (Wildman–Crippen LogP) is 2.60. The van der Waals surface area contributed by atoms with Crippen LogP contribution in [0.15, 0.2) is 41.2 Å². The lowest BCUT2D eigenvalue weighted by Crippen LogP contribution is -2.32. The van der Waals surface area contributed by atoms with E-state index in [1.807, 2.05) is 31.2 Å². The first-order chi connectivity index (χ1) is 10.6. The van der Waals surface area contributed by atoms with E-state index in [9.17, 15) is 9.59 Å². The third kappa shape index (κ3) is 3.24. The molecular weight excluding hydrogens is 280 g/mol. The highest BCUT2D eigenvalue weighted by Gasteiger charge is 2.21. The molecule has 5 nitrogen and oxygen atoms in total. The zero-order chi connectivity index (χ0) is 16.1. The van der Waals surface area contributed by atoms with E-state index in [1.165, 1.54) is 23.4 Å². The SMILES string of the molecule is CCc1ccc(-c2ccc(=O)n([C@@H](CC)C(=O)OC)n2)cc1. The van der Waals surface area contributed by atoms with Crippen molar-refractivity contribution in [1.82, 2.24) is 9.78 Å². The number of hydrogen-bond donors (Lipinski definition) is 0. The molecule has 0 bridgehead atoms. The van der Waals surface area contributed by atoms with Crippen LogP contribution in [-0.2, 0) is 16.0 Å². The van der Waals surface area contributed by atoms with E-state index in [2.05, 4.69) is 12.0 Å². The van der Waals surface area contributed by atoms with Crippen LogP contribution >= 0.6 is 0 Å². The van der Waals surface area contributed by atoms with Crippen LogP contribution in [0.4, 0.5) is 0 Å². The molecule has 0 aliphatic rings. The van der Waals surface area contributed by atoms with Gasteiger partial charge in [-0.1, -0.05) is 38.1 Å². The van der Waals surface area contributed by atoms with E-state index in [0.29, 0.717) is 12.1 Å². The largest absolute Gasteiger partial charge is 0.467 e. The molecule has 1 heterocycles. The van der Waals surface area contributed by atoms with Gasteiger partial charge in [-0.2, -0.15) is 5.10 Å². The minimum absolute atomic E-state index is 0.314. The van der Waals surface area contributed by atoms with Crippen molar-refractivity contribution in [1.29, 1.82) is 0 Å². The van der Waals surface area contributed by atoms with E-state index < -0.39 is 12.0 Å². The Bertz CT molecular complexity index is 705. The van der Waals surface area contributed by atoms with Crippen LogP contribution in [0.2, 0.25) is 0 Å². The van der Waals surface area contributed by atoms with Crippen molar-refractivity contribution in [3.8, 4) is 11.3 Å². The number of aromatic nitrogens is 2. The van der Waals surface area contributed by atoms with Crippen LogP contribution in [0.5, 0.6) is 0 Å². The summed E-state index contributed by atoms with van der Waals surface area (Å²) in [5, 5.41) is 4.34. The van der Waals surface area contributed by atoms with E-state index in [4.69, 9.17) is 4.74 Å². The predicted molar refractivity (Wildman–Crippen MR) is 84.7 cm³/mol. The molecule has 1 atom stereocenters. The summed E-state index contributed by atoms with van der Waals surface area (Å²) in [6, 6.07) is 10.4. The average molecular weight is 300 g/mol. The normalized spacial score (nSPS) is 12.0. The molecule has 1 aromatic heterocycles. The summed E-state index contributed by atoms with van der Waals surface area (Å²) in [5.74, 6) is -0.462. The Morgan fingerprint density at radius 1 is 1.18 bits per heavy atom. The van der Waals surface area contributed by atoms with Gasteiger partial charge in [0.05, 0.1) is 12.8 Å². The maximum atomic E-state index is 12.0. The number of benzene rings is 1. The first-order valence-electron chi connectivity index (χ1n) is 7.37. The van der Waals surface area contributed by atoms with Gasteiger partial charge in [-0.05, 0) is 24.5 Å². The Hall–Kier alpha value is -2.43. The molecule has 116 valence electrons. The summed E-state index contributed by atoms with van der Waals surface area (Å²) in [4.78, 5) is 23.8. The lowest BCUT2D eigenvalue weighted by molar-refractivity contribution is -0.145. The van der Waals surface area contributed by atoms with Crippen molar-refractivity contribution in [3.63, 3.8) is 0 Å². The summed E-state index contributed by atoms with van der Waals surface area (Å²) in [6.45, 7) is 3.91. The molecule has 2 aromatic rings. The van der Waals surface area contributed by atoms with Crippen molar-refractivity contribution >= 4 is 5.97 Å². The van der Waals surface area contributed by atoms with Crippen molar-refractivity contribution < 1.29 is 9.53 Å². The van der Waals surface area contributed by atoms with Gasteiger partial charge in [0.25, 0.3) is 5.56 Å². The summed E-state index contributed by atoms with van der Waals surface area (Å²) < 4.78 is 5.95. The second kappa shape index (κ2) is 7.02. The molecule has 0 unspecified atom stereocenters. The molecule has 2 rings (SSSR count). The van der Waals surface area contributed by atoms with Gasteiger partial charge < -0.3 is 4.74 Å². The van der Waals surface area contributed by atoms with Crippen LogP contribution in [0.3, 0.4) is 0 Å². The zero-order valence-electron chi connectivity index (χ0n) is 13.1. The molecular formula is C17H20N2O3. The number of esters is 1. The Morgan fingerprint density at radius 3 is 2.41 bits per heavy atom. The monoisotopic (exact) mass is 300 g/mol. The lowest BCUT2D eigenvalue weighted by Gasteiger charge is -2.15. The molecule has 0 radical (unpaired) electrons. The zero-order valence-corrected chi connectivity index (χ0v) is 13.1. The minimum atomic E-state index is -0.702. The first-order valence-corrected chi connectivity index (χ1v) is 7.37. The lowest BCUT2D eigenvalue weighted by atomic mass is 10.1. The molecule has 0 saturated carbocycles. The van der Waals surface area contributed by atoms with E-state index in [-0.39, 0.29) is 5.56 Å².